The second kappa shape index (κ2) is 9.58. The van der Waals surface area contributed by atoms with Gasteiger partial charge in [-0.05, 0) is 64.8 Å². The first-order valence-electron chi connectivity index (χ1n) is 7.88. The summed E-state index contributed by atoms with van der Waals surface area (Å²) in [7, 11) is 1.41. The highest BCUT2D eigenvalue weighted by Crippen LogP contribution is 2.34. The van der Waals surface area contributed by atoms with Gasteiger partial charge >= 0.3 is 11.8 Å². The minimum Gasteiger partial charge on any atom is -0.503 e. The quantitative estimate of drug-likeness (QED) is 0.367. The van der Waals surface area contributed by atoms with Crippen LogP contribution in [0, 0.1) is 0 Å². The molecule has 0 spiro atoms. The van der Waals surface area contributed by atoms with Crippen LogP contribution >= 0.6 is 15.9 Å². The Balaban J connectivity index is 1.93. The number of hydrogen-bond acceptors (Lipinski definition) is 6. The number of anilines is 1. The number of phenolic OH excluding ortho intramolecular Hbond substituents is 1. The lowest BCUT2D eigenvalue weighted by molar-refractivity contribution is -0.136. The number of nitrogens with one attached hydrogen (secondary N) is 2. The van der Waals surface area contributed by atoms with Crippen LogP contribution in [0.2, 0.25) is 0 Å². The number of benzene rings is 2. The van der Waals surface area contributed by atoms with E-state index in [4.69, 9.17) is 9.47 Å². The number of hydrogen-bond donors (Lipinski definition) is 3. The van der Waals surface area contributed by atoms with Gasteiger partial charge in [-0.15, -0.1) is 0 Å². The molecule has 0 unspecified atom stereocenters. The summed E-state index contributed by atoms with van der Waals surface area (Å²) in [5.41, 5.74) is 3.13. The van der Waals surface area contributed by atoms with Crippen LogP contribution in [0.1, 0.15) is 12.5 Å². The summed E-state index contributed by atoms with van der Waals surface area (Å²) >= 11 is 3.18. The zero-order valence-corrected chi connectivity index (χ0v) is 16.2. The Morgan fingerprint density at radius 3 is 2.56 bits per heavy atom. The topological polar surface area (TPSA) is 109 Å². The molecule has 2 rings (SSSR count). The van der Waals surface area contributed by atoms with E-state index in [0.717, 1.165) is 0 Å². The number of nitrogens with zero attached hydrogens (tertiary/aromatic N) is 1. The van der Waals surface area contributed by atoms with E-state index in [-0.39, 0.29) is 11.5 Å². The normalized spacial score (nSPS) is 10.5. The van der Waals surface area contributed by atoms with Gasteiger partial charge in [-0.1, -0.05) is 0 Å². The molecule has 0 aliphatic rings. The van der Waals surface area contributed by atoms with Crippen molar-refractivity contribution in [2.45, 2.75) is 6.92 Å². The number of halogens is 1. The van der Waals surface area contributed by atoms with E-state index in [9.17, 15) is 14.7 Å². The Morgan fingerprint density at radius 2 is 1.93 bits per heavy atom. The van der Waals surface area contributed by atoms with Crippen LogP contribution in [0.25, 0.3) is 0 Å². The maximum absolute atomic E-state index is 11.9. The number of carbonyl (C=O) groups is 2. The van der Waals surface area contributed by atoms with Gasteiger partial charge in [0.15, 0.2) is 11.5 Å². The van der Waals surface area contributed by atoms with E-state index in [2.05, 4.69) is 31.8 Å². The summed E-state index contributed by atoms with van der Waals surface area (Å²) in [5, 5.41) is 15.9. The third-order valence-electron chi connectivity index (χ3n) is 3.28. The fourth-order valence-corrected chi connectivity index (χ4v) is 2.49. The third kappa shape index (κ3) is 5.71. The van der Waals surface area contributed by atoms with E-state index in [1.165, 1.54) is 19.4 Å². The molecule has 0 aliphatic carbocycles. The number of rotatable bonds is 6. The lowest BCUT2D eigenvalue weighted by Crippen LogP contribution is -2.32. The molecule has 0 bridgehead atoms. The number of carbonyl (C=O) groups excluding carboxylic acids is 2. The first-order chi connectivity index (χ1) is 12.9. The first-order valence-corrected chi connectivity index (χ1v) is 8.67. The zero-order valence-electron chi connectivity index (χ0n) is 14.7. The van der Waals surface area contributed by atoms with Crippen LogP contribution in [0.3, 0.4) is 0 Å². The largest absolute Gasteiger partial charge is 0.503 e. The zero-order chi connectivity index (χ0) is 19.8. The molecule has 0 fully saturated rings. The fraction of sp³-hybridized carbons (Fsp3) is 0.167. The highest BCUT2D eigenvalue weighted by atomic mass is 79.9. The summed E-state index contributed by atoms with van der Waals surface area (Å²) < 4.78 is 10.7. The smallest absolute Gasteiger partial charge is 0.329 e. The summed E-state index contributed by atoms with van der Waals surface area (Å²) in [6.45, 7) is 2.41. The predicted octanol–water partition coefficient (Wildman–Crippen LogP) is 2.65. The van der Waals surface area contributed by atoms with Crippen molar-refractivity contribution in [1.82, 2.24) is 5.43 Å². The van der Waals surface area contributed by atoms with Crippen LogP contribution in [-0.4, -0.2) is 36.9 Å². The van der Waals surface area contributed by atoms with Gasteiger partial charge in [0.05, 0.1) is 24.4 Å². The SMILES string of the molecule is CCOc1ccc(NC(=O)C(=O)N/N=C/c2cc(Br)c(O)c(OC)c2)cc1. The molecule has 9 heteroatoms. The monoisotopic (exact) mass is 435 g/mol. The van der Waals surface area contributed by atoms with E-state index in [1.807, 2.05) is 6.92 Å². The van der Waals surface area contributed by atoms with Crippen molar-refractivity contribution in [1.29, 1.82) is 0 Å². The molecule has 27 heavy (non-hydrogen) atoms. The first kappa shape index (κ1) is 20.2. The Kier molecular flexibility index (Phi) is 7.18. The Bertz CT molecular complexity index is 853. The minimum absolute atomic E-state index is 0.0478. The van der Waals surface area contributed by atoms with Crippen LogP contribution in [0.5, 0.6) is 17.2 Å². The van der Waals surface area contributed by atoms with Gasteiger partial charge in [0.2, 0.25) is 0 Å². The van der Waals surface area contributed by atoms with Gasteiger partial charge < -0.3 is 19.9 Å². The second-order valence-corrected chi connectivity index (χ2v) is 6.02. The van der Waals surface area contributed by atoms with Gasteiger partial charge in [-0.25, -0.2) is 5.43 Å². The van der Waals surface area contributed by atoms with E-state index in [0.29, 0.717) is 28.1 Å². The Labute approximate surface area is 164 Å². The predicted molar refractivity (Wildman–Crippen MR) is 104 cm³/mol. The van der Waals surface area contributed by atoms with Gasteiger partial charge in [0.1, 0.15) is 5.75 Å². The average Bonchev–Trinajstić information content (AvgIpc) is 2.66. The lowest BCUT2D eigenvalue weighted by Gasteiger charge is -2.07. The molecule has 0 heterocycles. The maximum Gasteiger partial charge on any atom is 0.329 e. The number of phenols is 1. The Morgan fingerprint density at radius 1 is 1.22 bits per heavy atom. The molecular weight excluding hydrogens is 418 g/mol. The van der Waals surface area contributed by atoms with Crippen molar-refractivity contribution in [2.24, 2.45) is 5.10 Å². The summed E-state index contributed by atoms with van der Waals surface area (Å²) in [6.07, 6.45) is 1.31. The van der Waals surface area contributed by atoms with Crippen LogP contribution < -0.4 is 20.2 Å². The number of methoxy groups -OCH3 is 1. The Hall–Kier alpha value is -3.07. The summed E-state index contributed by atoms with van der Waals surface area (Å²) in [4.78, 5) is 23.7. The molecule has 3 N–H and O–H groups in total. The number of amides is 2. The van der Waals surface area contributed by atoms with E-state index < -0.39 is 11.8 Å². The van der Waals surface area contributed by atoms with Crippen molar-refractivity contribution in [3.05, 3.63) is 46.4 Å². The minimum atomic E-state index is -0.926. The summed E-state index contributed by atoms with van der Waals surface area (Å²) in [6, 6.07) is 9.72. The lowest BCUT2D eigenvalue weighted by atomic mass is 10.2. The molecule has 2 aromatic carbocycles. The van der Waals surface area contributed by atoms with Crippen molar-refractivity contribution in [2.75, 3.05) is 19.0 Å². The average molecular weight is 436 g/mol. The molecule has 0 aromatic heterocycles. The van der Waals surface area contributed by atoms with Crippen molar-refractivity contribution < 1.29 is 24.2 Å². The van der Waals surface area contributed by atoms with E-state index in [1.54, 1.807) is 30.3 Å². The third-order valence-corrected chi connectivity index (χ3v) is 3.88. The molecule has 8 nitrogen and oxygen atoms in total. The van der Waals surface area contributed by atoms with Crippen molar-refractivity contribution in [3.8, 4) is 17.2 Å². The van der Waals surface area contributed by atoms with E-state index >= 15 is 0 Å². The van der Waals surface area contributed by atoms with Gasteiger partial charge in [0, 0.05) is 5.69 Å². The highest BCUT2D eigenvalue weighted by molar-refractivity contribution is 9.10. The summed E-state index contributed by atoms with van der Waals surface area (Å²) in [5.74, 6) is -0.926. The second-order valence-electron chi connectivity index (χ2n) is 5.16. The van der Waals surface area contributed by atoms with Crippen molar-refractivity contribution >= 4 is 39.6 Å². The number of hydrazone groups is 1. The molecule has 0 atom stereocenters. The molecule has 2 amide bonds. The van der Waals surface area contributed by atoms with Crippen LogP contribution in [0.4, 0.5) is 5.69 Å². The molecule has 0 saturated heterocycles. The van der Waals surface area contributed by atoms with Gasteiger partial charge in [-0.2, -0.15) is 5.10 Å². The van der Waals surface area contributed by atoms with Crippen LogP contribution in [-0.2, 0) is 9.59 Å². The molecule has 0 aliphatic heterocycles. The molecule has 142 valence electrons. The van der Waals surface area contributed by atoms with Gasteiger partial charge in [-0.3, -0.25) is 9.59 Å². The molecule has 2 aromatic rings. The molecular formula is C18H18BrN3O5. The van der Waals surface area contributed by atoms with Crippen molar-refractivity contribution in [3.63, 3.8) is 0 Å². The molecule has 0 saturated carbocycles. The highest BCUT2D eigenvalue weighted by Gasteiger charge is 2.13. The molecule has 0 radical (unpaired) electrons. The maximum atomic E-state index is 11.9. The standard InChI is InChI=1S/C18H18BrN3O5/c1-3-27-13-6-4-12(5-7-13)21-17(24)18(25)22-20-10-11-8-14(19)16(23)15(9-11)26-2/h4-10,23H,3H2,1-2H3,(H,21,24)(H,22,25)/b20-10+. The van der Waals surface area contributed by atoms with Crippen LogP contribution in [0.15, 0.2) is 46.0 Å². The number of ether oxygens (including phenoxy) is 2. The number of aromatic hydroxyl groups is 1. The fourth-order valence-electron chi connectivity index (χ4n) is 2.03. The van der Waals surface area contributed by atoms with Gasteiger partial charge in [0.25, 0.3) is 0 Å².